The van der Waals surface area contributed by atoms with Gasteiger partial charge in [0.05, 0.1) is 0 Å². The molecule has 0 aliphatic heterocycles. The molecule has 0 unspecified atom stereocenters. The molecular weight excluding hydrogens is 266 g/mol. The molecular formula is C21H23N. The fourth-order valence-electron chi connectivity index (χ4n) is 3.00. The highest BCUT2D eigenvalue weighted by molar-refractivity contribution is 5.40. The Labute approximate surface area is 136 Å². The first-order valence-corrected chi connectivity index (χ1v) is 8.06. The van der Waals surface area contributed by atoms with Crippen molar-refractivity contribution in [2.24, 2.45) is 0 Å². The molecule has 0 heterocycles. The van der Waals surface area contributed by atoms with Gasteiger partial charge in [0.2, 0.25) is 0 Å². The van der Waals surface area contributed by atoms with Crippen LogP contribution in [0.3, 0.4) is 0 Å². The Kier molecular flexibility index (Phi) is 5.95. The lowest BCUT2D eigenvalue weighted by Crippen LogP contribution is -2.36. The highest BCUT2D eigenvalue weighted by Crippen LogP contribution is 2.33. The molecule has 2 aliphatic rings. The van der Waals surface area contributed by atoms with Crippen LogP contribution in [0.25, 0.3) is 0 Å². The van der Waals surface area contributed by atoms with Crippen LogP contribution in [0.4, 0.5) is 0 Å². The smallest absolute Gasteiger partial charge is 0.0294 e. The molecule has 0 bridgehead atoms. The van der Waals surface area contributed by atoms with Crippen molar-refractivity contribution < 1.29 is 0 Å². The summed E-state index contributed by atoms with van der Waals surface area (Å²) in [6.07, 6.45) is 19.6. The molecule has 3 rings (SSSR count). The molecule has 0 spiro atoms. The maximum absolute atomic E-state index is 3.80. The highest BCUT2D eigenvalue weighted by Gasteiger charge is 2.28. The minimum absolute atomic E-state index is 0.348. The molecule has 2 atom stereocenters. The molecule has 2 saturated carbocycles. The van der Waals surface area contributed by atoms with Gasteiger partial charge in [0, 0.05) is 18.0 Å². The summed E-state index contributed by atoms with van der Waals surface area (Å²) in [7, 11) is 0. The van der Waals surface area contributed by atoms with Gasteiger partial charge in [0.1, 0.15) is 0 Å². The third-order valence-corrected chi connectivity index (χ3v) is 4.29. The number of hydrogen-bond donors (Lipinski definition) is 1. The van der Waals surface area contributed by atoms with Gasteiger partial charge in [0.25, 0.3) is 0 Å². The zero-order valence-corrected chi connectivity index (χ0v) is 13.1. The fraction of sp³-hybridized carbons (Fsp3) is 0.238. The largest absolute Gasteiger partial charge is 0.307 e. The third-order valence-electron chi connectivity index (χ3n) is 4.29. The predicted molar refractivity (Wildman–Crippen MR) is 91.9 cm³/mol. The Hall–Kier alpha value is -0.820. The number of hydrogen-bond acceptors (Lipinski definition) is 1. The SMILES string of the molecule is C[C@H](N[C@H](CC[C]1[CH][CH][CH][CH]1)[C]1[CH][CH][CH][CH]1)c1ccccc1. The van der Waals surface area contributed by atoms with E-state index < -0.39 is 0 Å². The number of rotatable bonds is 7. The summed E-state index contributed by atoms with van der Waals surface area (Å²) in [6, 6.07) is 11.4. The van der Waals surface area contributed by atoms with Crippen molar-refractivity contribution in [2.75, 3.05) is 0 Å². The molecule has 1 N–H and O–H groups in total. The first kappa shape index (κ1) is 16.1. The maximum Gasteiger partial charge on any atom is 0.0294 e. The summed E-state index contributed by atoms with van der Waals surface area (Å²) in [5.74, 6) is 2.81. The summed E-state index contributed by atoms with van der Waals surface area (Å²) in [5.41, 5.74) is 1.34. The van der Waals surface area contributed by atoms with Gasteiger partial charge in [-0.3, -0.25) is 0 Å². The quantitative estimate of drug-likeness (QED) is 0.789. The molecule has 0 saturated heterocycles. The van der Waals surface area contributed by atoms with Crippen molar-refractivity contribution in [1.82, 2.24) is 5.32 Å². The van der Waals surface area contributed by atoms with Gasteiger partial charge in [-0.1, -0.05) is 30.3 Å². The third kappa shape index (κ3) is 4.35. The Bertz CT molecular complexity index is 415. The summed E-state index contributed by atoms with van der Waals surface area (Å²) < 4.78 is 0. The van der Waals surface area contributed by atoms with Crippen molar-refractivity contribution in [2.45, 2.75) is 31.8 Å². The summed E-state index contributed by atoms with van der Waals surface area (Å²) in [4.78, 5) is 0. The molecule has 0 aromatic heterocycles. The van der Waals surface area contributed by atoms with Gasteiger partial charge in [-0.15, -0.1) is 0 Å². The van der Waals surface area contributed by atoms with Crippen molar-refractivity contribution in [3.8, 4) is 0 Å². The molecule has 10 radical (unpaired) electrons. The molecule has 1 heteroatoms. The Morgan fingerprint density at radius 3 is 2.18 bits per heavy atom. The zero-order chi connectivity index (χ0) is 15.2. The van der Waals surface area contributed by atoms with E-state index in [0.29, 0.717) is 12.1 Å². The van der Waals surface area contributed by atoms with Crippen LogP contribution in [0.15, 0.2) is 30.3 Å². The fourth-order valence-corrected chi connectivity index (χ4v) is 3.00. The van der Waals surface area contributed by atoms with E-state index in [2.05, 4.69) is 93.9 Å². The van der Waals surface area contributed by atoms with E-state index in [4.69, 9.17) is 0 Å². The van der Waals surface area contributed by atoms with Gasteiger partial charge in [-0.25, -0.2) is 0 Å². The standard InChI is InChI=1S/C21H23N/c1-17(19-11-3-2-4-12-19)22-21(20-13-7-8-14-20)16-15-18-9-5-6-10-18/h2-14,17,21-22H,15-16H2,1H3/t17-,21+/m0/s1. The first-order chi connectivity index (χ1) is 10.8. The average Bonchev–Trinajstić information content (AvgIpc) is 3.25. The molecule has 112 valence electrons. The van der Waals surface area contributed by atoms with Crippen LogP contribution < -0.4 is 5.32 Å². The van der Waals surface area contributed by atoms with Crippen LogP contribution >= 0.6 is 0 Å². The Morgan fingerprint density at radius 2 is 1.50 bits per heavy atom. The number of nitrogens with one attached hydrogen (secondary N) is 1. The molecule has 1 aromatic carbocycles. The average molecular weight is 289 g/mol. The first-order valence-electron chi connectivity index (χ1n) is 8.06. The zero-order valence-electron chi connectivity index (χ0n) is 13.1. The molecule has 1 aromatic rings. The van der Waals surface area contributed by atoms with E-state index >= 15 is 0 Å². The van der Waals surface area contributed by atoms with E-state index in [1.54, 1.807) is 0 Å². The molecule has 22 heavy (non-hydrogen) atoms. The van der Waals surface area contributed by atoms with Gasteiger partial charge in [-0.05, 0) is 82.6 Å². The lowest BCUT2D eigenvalue weighted by Gasteiger charge is -2.29. The number of benzene rings is 1. The molecule has 2 fully saturated rings. The predicted octanol–water partition coefficient (Wildman–Crippen LogP) is 4.30. The lowest BCUT2D eigenvalue weighted by atomic mass is 9.89. The van der Waals surface area contributed by atoms with Crippen molar-refractivity contribution in [1.29, 1.82) is 0 Å². The van der Waals surface area contributed by atoms with Crippen LogP contribution in [0.2, 0.25) is 0 Å². The summed E-state index contributed by atoms with van der Waals surface area (Å²) in [5, 5.41) is 3.80. The maximum atomic E-state index is 3.80. The van der Waals surface area contributed by atoms with Crippen molar-refractivity contribution >= 4 is 0 Å². The second-order valence-corrected chi connectivity index (χ2v) is 5.90. The highest BCUT2D eigenvalue weighted by atomic mass is 15.0. The second kappa shape index (κ2) is 8.15. The van der Waals surface area contributed by atoms with Gasteiger partial charge in [-0.2, -0.15) is 0 Å². The van der Waals surface area contributed by atoms with Crippen LogP contribution in [0.1, 0.15) is 31.4 Å². The summed E-state index contributed by atoms with van der Waals surface area (Å²) >= 11 is 0. The van der Waals surface area contributed by atoms with E-state index in [9.17, 15) is 0 Å². The van der Waals surface area contributed by atoms with Crippen molar-refractivity contribution in [3.63, 3.8) is 0 Å². The van der Waals surface area contributed by atoms with E-state index in [0.717, 1.165) is 12.8 Å². The van der Waals surface area contributed by atoms with Gasteiger partial charge >= 0.3 is 0 Å². The van der Waals surface area contributed by atoms with E-state index in [1.807, 2.05) is 0 Å². The van der Waals surface area contributed by atoms with Crippen LogP contribution in [-0.2, 0) is 0 Å². The summed E-state index contributed by atoms with van der Waals surface area (Å²) in [6.45, 7) is 2.24. The van der Waals surface area contributed by atoms with Crippen LogP contribution in [0, 0.1) is 63.2 Å². The van der Waals surface area contributed by atoms with E-state index in [1.165, 1.54) is 17.4 Å². The van der Waals surface area contributed by atoms with E-state index in [-0.39, 0.29) is 0 Å². The minimum atomic E-state index is 0.348. The van der Waals surface area contributed by atoms with Gasteiger partial charge < -0.3 is 5.32 Å². The molecule has 1 nitrogen and oxygen atoms in total. The monoisotopic (exact) mass is 289 g/mol. The van der Waals surface area contributed by atoms with Crippen LogP contribution in [-0.4, -0.2) is 6.04 Å². The molecule has 0 amide bonds. The Balaban J connectivity index is 1.57. The van der Waals surface area contributed by atoms with Crippen molar-refractivity contribution in [3.05, 3.63) is 99.1 Å². The molecule has 2 aliphatic carbocycles. The topological polar surface area (TPSA) is 12.0 Å². The lowest BCUT2D eigenvalue weighted by molar-refractivity contribution is 0.449. The minimum Gasteiger partial charge on any atom is -0.307 e. The van der Waals surface area contributed by atoms with Crippen LogP contribution in [0.5, 0.6) is 0 Å². The van der Waals surface area contributed by atoms with Gasteiger partial charge in [0.15, 0.2) is 0 Å². The normalized spacial score (nSPS) is 23.0. The second-order valence-electron chi connectivity index (χ2n) is 5.90. The Morgan fingerprint density at radius 1 is 0.864 bits per heavy atom.